The first kappa shape index (κ1) is 111. The van der Waals surface area contributed by atoms with E-state index < -0.39 is 0 Å². The summed E-state index contributed by atoms with van der Waals surface area (Å²) < 4.78 is 68.1. The third kappa shape index (κ3) is 43.1. The average Bonchev–Trinajstić information content (AvgIpc) is 1.65. The van der Waals surface area contributed by atoms with Gasteiger partial charge in [-0.3, -0.25) is 0 Å². The van der Waals surface area contributed by atoms with Gasteiger partial charge in [-0.2, -0.15) is 0 Å². The summed E-state index contributed by atoms with van der Waals surface area (Å²) in [5.74, 6) is 17.3. The first-order valence-electron chi connectivity index (χ1n) is 45.9. The number of hydrogen-bond donors (Lipinski definition) is 0. The molecule has 11 fully saturated rings. The van der Waals surface area contributed by atoms with Crippen LogP contribution in [0.15, 0.2) is 325 Å². The molecule has 0 saturated heterocycles. The van der Waals surface area contributed by atoms with Crippen molar-refractivity contribution in [2.75, 3.05) is 40.6 Å². The molecule has 700 valence electrons. The van der Waals surface area contributed by atoms with Crippen LogP contribution in [0.4, 0.5) is 0 Å². The molecular formula is C114H160O14. The van der Waals surface area contributed by atoms with Crippen molar-refractivity contribution in [3.8, 4) is 23.0 Å². The zero-order chi connectivity index (χ0) is 94.0. The molecular weight excluding hydrogens is 1590 g/mol. The van der Waals surface area contributed by atoms with Gasteiger partial charge in [0.2, 0.25) is 0 Å². The minimum Gasteiger partial charge on any atom is -0.505 e. The fourth-order valence-corrected chi connectivity index (χ4v) is 19.1. The van der Waals surface area contributed by atoms with Crippen LogP contribution >= 0.6 is 0 Å². The minimum atomic E-state index is -0.0978. The molecule has 6 aromatic carbocycles. The lowest BCUT2D eigenvalue weighted by molar-refractivity contribution is 0.0197. The SMILES string of the molecule is C1C2CC3CC1CC(C2)C3.C1C2CC3CC1CC(C2)C3.C1CC2C3CCC(C3)C2C1.C=COC.C=COC.C=COCC.C=COCC.C=COCC.C=COCC.C=COCc1ccc(C(C)(C)c2ccc(COC=C)cc2)cc1.C=COCc1ccc(COC=C)cc1.C=COc1ccc(C(C)(C)c2ccc(OC=C)cc2)cc1.C=COc1ccc(OC=C)cc1. The highest BCUT2D eigenvalue weighted by Crippen LogP contribution is 2.59. The Hall–Kier alpha value is -11.1. The summed E-state index contributed by atoms with van der Waals surface area (Å²) in [5, 5.41) is 0. The van der Waals surface area contributed by atoms with Crippen LogP contribution in [0.3, 0.4) is 0 Å². The second-order valence-corrected chi connectivity index (χ2v) is 33.7. The molecule has 4 unspecified atom stereocenters. The number of ether oxygens (including phenoxy) is 14. The van der Waals surface area contributed by atoms with Gasteiger partial charge in [0.25, 0.3) is 0 Å². The van der Waals surface area contributed by atoms with Crippen LogP contribution < -0.4 is 18.9 Å². The molecule has 0 heterocycles. The van der Waals surface area contributed by atoms with Crippen LogP contribution in [0.1, 0.15) is 215 Å². The molecule has 11 saturated carbocycles. The zero-order valence-corrected chi connectivity index (χ0v) is 79.9. The molecule has 0 N–H and O–H groups in total. The van der Waals surface area contributed by atoms with Gasteiger partial charge in [-0.15, -0.1) is 0 Å². The Bertz CT molecular complexity index is 3620. The largest absolute Gasteiger partial charge is 0.505 e. The Labute approximate surface area is 774 Å². The van der Waals surface area contributed by atoms with Crippen LogP contribution in [0.2, 0.25) is 0 Å². The average molecular weight is 1750 g/mol. The van der Waals surface area contributed by atoms with Crippen molar-refractivity contribution in [3.63, 3.8) is 0 Å². The van der Waals surface area contributed by atoms with E-state index in [9.17, 15) is 0 Å². The highest BCUT2D eigenvalue weighted by molar-refractivity contribution is 5.43. The summed E-state index contributed by atoms with van der Waals surface area (Å²) in [6, 6.07) is 48.4. The van der Waals surface area contributed by atoms with Gasteiger partial charge in [-0.1, -0.05) is 223 Å². The topological polar surface area (TPSA) is 129 Å². The fraction of sp³-hybridized carbons (Fsp3) is 0.439. The molecule has 11 aliphatic rings. The minimum absolute atomic E-state index is 0.0599. The molecule has 4 atom stereocenters. The molecule has 17 rings (SSSR count). The molecule has 14 nitrogen and oxygen atoms in total. The van der Waals surface area contributed by atoms with Crippen molar-refractivity contribution < 1.29 is 66.3 Å². The molecule has 6 aromatic rings. The molecule has 0 amide bonds. The van der Waals surface area contributed by atoms with Gasteiger partial charge in [0.05, 0.1) is 128 Å². The Kier molecular flexibility index (Phi) is 58.3. The van der Waals surface area contributed by atoms with Gasteiger partial charge >= 0.3 is 0 Å². The summed E-state index contributed by atoms with van der Waals surface area (Å²) in [7, 11) is 3.12. The Morgan fingerprint density at radius 1 is 0.242 bits per heavy atom. The van der Waals surface area contributed by atoms with Crippen LogP contribution in [0, 0.1) is 71.0 Å². The van der Waals surface area contributed by atoms with E-state index in [4.69, 9.17) is 37.9 Å². The third-order valence-corrected chi connectivity index (χ3v) is 24.5. The van der Waals surface area contributed by atoms with Crippen molar-refractivity contribution in [1.29, 1.82) is 0 Å². The number of methoxy groups -OCH3 is 2. The summed E-state index contributed by atoms with van der Waals surface area (Å²) in [6.07, 6.45) is 48.7. The Balaban J connectivity index is 0.000000372. The van der Waals surface area contributed by atoms with Gasteiger partial charge in [-0.05, 0) is 301 Å². The molecule has 0 radical (unpaired) electrons. The van der Waals surface area contributed by atoms with Gasteiger partial charge in [0.15, 0.2) is 0 Å². The van der Waals surface area contributed by atoms with E-state index in [-0.39, 0.29) is 10.8 Å². The van der Waals surface area contributed by atoms with E-state index >= 15 is 0 Å². The van der Waals surface area contributed by atoms with Gasteiger partial charge in [0, 0.05) is 10.8 Å². The monoisotopic (exact) mass is 1750 g/mol. The van der Waals surface area contributed by atoms with Crippen LogP contribution in [0.25, 0.3) is 0 Å². The second kappa shape index (κ2) is 67.2. The van der Waals surface area contributed by atoms with Gasteiger partial charge in [0.1, 0.15) is 49.4 Å². The number of hydrogen-bond acceptors (Lipinski definition) is 14. The lowest BCUT2D eigenvalue weighted by atomic mass is 9.56. The predicted molar refractivity (Wildman–Crippen MR) is 533 cm³/mol. The van der Waals surface area contributed by atoms with E-state index in [1.807, 2.05) is 76.2 Å². The van der Waals surface area contributed by atoms with Crippen LogP contribution in [0.5, 0.6) is 23.0 Å². The Morgan fingerprint density at radius 3 is 0.586 bits per heavy atom. The first-order chi connectivity index (χ1) is 62.1. The smallest absolute Gasteiger partial charge is 0.126 e. The normalized spacial score (nSPS) is 20.4. The third-order valence-electron chi connectivity index (χ3n) is 24.5. The van der Waals surface area contributed by atoms with E-state index in [1.54, 1.807) is 154 Å². The van der Waals surface area contributed by atoms with E-state index in [0.29, 0.717) is 26.4 Å². The van der Waals surface area contributed by atoms with Crippen molar-refractivity contribution in [3.05, 3.63) is 370 Å². The molecule has 14 heteroatoms. The fourth-order valence-electron chi connectivity index (χ4n) is 19.1. The maximum Gasteiger partial charge on any atom is 0.126 e. The number of rotatable bonds is 34. The van der Waals surface area contributed by atoms with E-state index in [0.717, 1.165) is 71.7 Å². The lowest BCUT2D eigenvalue weighted by Crippen LogP contribution is -2.38. The maximum atomic E-state index is 5.26. The van der Waals surface area contributed by atoms with Crippen molar-refractivity contribution >= 4 is 0 Å². The predicted octanol–water partition coefficient (Wildman–Crippen LogP) is 30.8. The highest BCUT2D eigenvalue weighted by atomic mass is 16.5. The molecule has 10 bridgehead atoms. The summed E-state index contributed by atoms with van der Waals surface area (Å²) in [6.45, 7) is 69.6. The quantitative estimate of drug-likeness (QED) is 0.0355. The Morgan fingerprint density at radius 2 is 0.422 bits per heavy atom. The van der Waals surface area contributed by atoms with Crippen LogP contribution in [-0.4, -0.2) is 40.6 Å². The van der Waals surface area contributed by atoms with Crippen molar-refractivity contribution in [2.24, 2.45) is 71.0 Å². The molecule has 0 spiro atoms. The maximum absolute atomic E-state index is 5.26. The van der Waals surface area contributed by atoms with Crippen molar-refractivity contribution in [1.82, 2.24) is 0 Å². The van der Waals surface area contributed by atoms with E-state index in [1.165, 1.54) is 181 Å². The van der Waals surface area contributed by atoms with E-state index in [2.05, 4.69) is 221 Å². The molecule has 11 aliphatic carbocycles. The highest BCUT2D eigenvalue weighted by Gasteiger charge is 2.49. The first-order valence-corrected chi connectivity index (χ1v) is 45.9. The van der Waals surface area contributed by atoms with Gasteiger partial charge < -0.3 is 66.3 Å². The van der Waals surface area contributed by atoms with Crippen molar-refractivity contribution in [2.45, 2.75) is 208 Å². The second-order valence-electron chi connectivity index (χ2n) is 33.7. The standard InChI is InChI=1S/C21H24O2.C19H20O2.C12H14O2.C10H10O2.3C10H16.4C4H8O.2C3H6O/c1-5-22-15-17-7-11-19(12-8-17)21(3,4)20-13-9-18(10-14-20)16-23-6-2;1-5-20-17-11-7-15(8-12-17)19(3,4)16-9-13-18(14-10-16)21-6-2;1-3-13-9-11-5-7-12(8-6-11)10-14-4-2;1-3-11-9-5-7-10(8-6-9)12-4-2;2*1-7-2-9-4-8(1)5-10(3-7)6-9;1-2-9-7-4-5-8(6-7)10(9)3-1;4*1-3-5-4-2;2*1-3-4-2/h5-14H,1-2,15-16H2,3-4H3;5-14H,1-2H2,3-4H3;3-8H,1-2,9-10H2;3-8H,1-2H2;3*7-10H,1-6H2;4*3H,1,4H2,2H3;2*3H,1H2,2H3. The molecule has 128 heavy (non-hydrogen) atoms. The number of fused-ring (bicyclic) bond motifs is 5. The summed E-state index contributed by atoms with van der Waals surface area (Å²) in [4.78, 5) is 0. The van der Waals surface area contributed by atoms with Gasteiger partial charge in [-0.25, -0.2) is 0 Å². The van der Waals surface area contributed by atoms with Crippen LogP contribution in [-0.2, 0) is 84.6 Å². The number of benzene rings is 6. The summed E-state index contributed by atoms with van der Waals surface area (Å²) in [5.41, 5.74) is 9.34. The molecule has 0 aliphatic heterocycles. The zero-order valence-electron chi connectivity index (χ0n) is 79.9. The molecule has 0 aromatic heterocycles. The lowest BCUT2D eigenvalue weighted by Gasteiger charge is -2.49. The summed E-state index contributed by atoms with van der Waals surface area (Å²) >= 11 is 0.